The lowest BCUT2D eigenvalue weighted by atomic mass is 9.97. The van der Waals surface area contributed by atoms with E-state index in [1.54, 1.807) is 30.2 Å². The summed E-state index contributed by atoms with van der Waals surface area (Å²) in [6.45, 7) is 4.85. The van der Waals surface area contributed by atoms with E-state index >= 15 is 0 Å². The van der Waals surface area contributed by atoms with E-state index in [1.807, 2.05) is 42.5 Å². The number of halogens is 2. The highest BCUT2D eigenvalue weighted by Gasteiger charge is 2.44. The molecule has 1 unspecified atom stereocenters. The van der Waals surface area contributed by atoms with E-state index < -0.39 is 6.04 Å². The average Bonchev–Trinajstić information content (AvgIpc) is 3.17. The highest BCUT2D eigenvalue weighted by atomic mass is 79.9. The van der Waals surface area contributed by atoms with Gasteiger partial charge in [0.15, 0.2) is 16.9 Å². The van der Waals surface area contributed by atoms with Crippen LogP contribution in [0.15, 0.2) is 78.8 Å². The zero-order chi connectivity index (χ0) is 26.3. The first-order valence-electron chi connectivity index (χ1n) is 11.9. The quantitative estimate of drug-likeness (QED) is 0.212. The monoisotopic (exact) mass is 625 g/mol. The number of anilines is 1. The van der Waals surface area contributed by atoms with Gasteiger partial charge >= 0.3 is 0 Å². The summed E-state index contributed by atoms with van der Waals surface area (Å²) in [7, 11) is 1.58. The van der Waals surface area contributed by atoms with Crippen LogP contribution in [0.4, 0.5) is 5.69 Å². The molecule has 37 heavy (non-hydrogen) atoms. The second-order valence-corrected chi connectivity index (χ2v) is 11.1. The van der Waals surface area contributed by atoms with Crippen LogP contribution in [0.25, 0.3) is 11.0 Å². The van der Waals surface area contributed by atoms with Crippen molar-refractivity contribution in [1.29, 1.82) is 0 Å². The predicted molar refractivity (Wildman–Crippen MR) is 151 cm³/mol. The number of hydrogen-bond acceptors (Lipinski definition) is 5. The molecule has 4 aromatic rings. The van der Waals surface area contributed by atoms with Crippen LogP contribution < -0.4 is 19.8 Å². The lowest BCUT2D eigenvalue weighted by Gasteiger charge is -2.26. The molecule has 6 nitrogen and oxygen atoms in total. The molecule has 0 bridgehead atoms. The summed E-state index contributed by atoms with van der Waals surface area (Å²) in [4.78, 5) is 29.2. The highest BCUT2D eigenvalue weighted by Crippen LogP contribution is 2.43. The van der Waals surface area contributed by atoms with E-state index in [0.717, 1.165) is 15.4 Å². The fourth-order valence-electron chi connectivity index (χ4n) is 4.53. The van der Waals surface area contributed by atoms with Crippen LogP contribution in [0.1, 0.15) is 48.0 Å². The summed E-state index contributed by atoms with van der Waals surface area (Å²) < 4.78 is 19.2. The van der Waals surface area contributed by atoms with Crippen molar-refractivity contribution in [3.63, 3.8) is 0 Å². The van der Waals surface area contributed by atoms with Gasteiger partial charge in [-0.25, -0.2) is 0 Å². The number of carbonyl (C=O) groups is 1. The van der Waals surface area contributed by atoms with Crippen LogP contribution in [0.3, 0.4) is 0 Å². The molecule has 0 N–H and O–H groups in total. The van der Waals surface area contributed by atoms with Gasteiger partial charge in [0.05, 0.1) is 30.7 Å². The van der Waals surface area contributed by atoms with Gasteiger partial charge in [0.25, 0.3) is 5.91 Å². The minimum atomic E-state index is -0.713. The summed E-state index contributed by atoms with van der Waals surface area (Å²) in [6, 6.07) is 17.4. The first-order valence-corrected chi connectivity index (χ1v) is 13.5. The lowest BCUT2D eigenvalue weighted by molar-refractivity contribution is 0.0971. The van der Waals surface area contributed by atoms with E-state index in [-0.39, 0.29) is 17.1 Å². The predicted octanol–water partition coefficient (Wildman–Crippen LogP) is 7.50. The number of benzene rings is 3. The molecule has 1 aliphatic rings. The van der Waals surface area contributed by atoms with Gasteiger partial charge in [-0.2, -0.15) is 0 Å². The molecular formula is C29H25Br2NO5. The molecule has 0 spiro atoms. The minimum Gasteiger partial charge on any atom is -0.493 e. The fourth-order valence-corrected chi connectivity index (χ4v) is 5.28. The van der Waals surface area contributed by atoms with E-state index in [4.69, 9.17) is 13.9 Å². The van der Waals surface area contributed by atoms with Crippen LogP contribution in [-0.4, -0.2) is 19.6 Å². The Hall–Kier alpha value is -3.10. The molecule has 190 valence electrons. The maximum absolute atomic E-state index is 13.8. The Morgan fingerprint density at radius 3 is 2.49 bits per heavy atom. The van der Waals surface area contributed by atoms with Crippen LogP contribution in [0.2, 0.25) is 0 Å². The summed E-state index contributed by atoms with van der Waals surface area (Å²) in [5.41, 5.74) is 1.76. The van der Waals surface area contributed by atoms with Gasteiger partial charge in [0.2, 0.25) is 5.76 Å². The molecule has 8 heteroatoms. The molecule has 0 saturated heterocycles. The van der Waals surface area contributed by atoms with Crippen molar-refractivity contribution in [1.82, 2.24) is 0 Å². The van der Waals surface area contributed by atoms with Gasteiger partial charge in [0, 0.05) is 14.6 Å². The number of nitrogens with zero attached hydrogens (tertiary/aromatic N) is 1. The molecule has 1 aliphatic heterocycles. The first-order chi connectivity index (χ1) is 17.8. The van der Waals surface area contributed by atoms with Crippen molar-refractivity contribution in [2.75, 3.05) is 18.6 Å². The molecule has 2 heterocycles. The third-order valence-corrected chi connectivity index (χ3v) is 7.36. The van der Waals surface area contributed by atoms with Gasteiger partial charge in [-0.3, -0.25) is 14.5 Å². The Morgan fingerprint density at radius 1 is 0.973 bits per heavy atom. The number of carbonyl (C=O) groups excluding carboxylic acids is 1. The molecule has 0 saturated carbocycles. The van der Waals surface area contributed by atoms with Crippen molar-refractivity contribution >= 4 is 54.4 Å². The number of amides is 1. The molecule has 0 radical (unpaired) electrons. The zero-order valence-corrected chi connectivity index (χ0v) is 23.8. The minimum absolute atomic E-state index is 0.0426. The largest absolute Gasteiger partial charge is 0.493 e. The summed E-state index contributed by atoms with van der Waals surface area (Å²) in [5.74, 6) is 1.32. The molecule has 1 atom stereocenters. The van der Waals surface area contributed by atoms with E-state index in [1.165, 1.54) is 0 Å². The molecule has 3 aromatic carbocycles. The molecule has 1 aromatic heterocycles. The molecule has 5 rings (SSSR count). The highest BCUT2D eigenvalue weighted by molar-refractivity contribution is 9.10. The van der Waals surface area contributed by atoms with Gasteiger partial charge in [0.1, 0.15) is 5.58 Å². The van der Waals surface area contributed by atoms with Crippen molar-refractivity contribution < 1.29 is 18.7 Å². The summed E-state index contributed by atoms with van der Waals surface area (Å²) in [6.07, 6.45) is 0.912. The number of ether oxygens (including phenoxy) is 2. The zero-order valence-electron chi connectivity index (χ0n) is 20.6. The third kappa shape index (κ3) is 4.80. The number of rotatable bonds is 7. The second-order valence-electron chi connectivity index (χ2n) is 9.31. The Labute approximate surface area is 231 Å². The van der Waals surface area contributed by atoms with Crippen molar-refractivity contribution in [3.05, 3.63) is 96.7 Å². The van der Waals surface area contributed by atoms with Gasteiger partial charge in [-0.05, 0) is 66.4 Å². The van der Waals surface area contributed by atoms with Crippen molar-refractivity contribution in [2.45, 2.75) is 26.3 Å². The van der Waals surface area contributed by atoms with Crippen LogP contribution >= 0.6 is 31.9 Å². The van der Waals surface area contributed by atoms with Crippen molar-refractivity contribution in [2.24, 2.45) is 5.92 Å². The van der Waals surface area contributed by atoms with Crippen LogP contribution in [0, 0.1) is 5.92 Å². The van der Waals surface area contributed by atoms with E-state index in [0.29, 0.717) is 51.8 Å². The maximum atomic E-state index is 13.8. The summed E-state index contributed by atoms with van der Waals surface area (Å²) >= 11 is 6.94. The molecule has 0 fully saturated rings. The third-order valence-electron chi connectivity index (χ3n) is 6.37. The van der Waals surface area contributed by atoms with Crippen molar-refractivity contribution in [3.8, 4) is 11.5 Å². The van der Waals surface area contributed by atoms with Crippen LogP contribution in [0.5, 0.6) is 11.5 Å². The van der Waals surface area contributed by atoms with E-state index in [9.17, 15) is 9.59 Å². The van der Waals surface area contributed by atoms with E-state index in [2.05, 4.69) is 45.7 Å². The van der Waals surface area contributed by atoms with Gasteiger partial charge in [-0.15, -0.1) is 0 Å². The second kappa shape index (κ2) is 10.3. The number of hydrogen-bond donors (Lipinski definition) is 0. The molecule has 0 aliphatic carbocycles. The number of fused-ring (bicyclic) bond motifs is 2. The average molecular weight is 627 g/mol. The lowest BCUT2D eigenvalue weighted by Crippen LogP contribution is -2.29. The number of methoxy groups -OCH3 is 1. The Balaban J connectivity index is 1.69. The Morgan fingerprint density at radius 2 is 1.76 bits per heavy atom. The Kier molecular flexibility index (Phi) is 7.14. The Bertz CT molecular complexity index is 1560. The standard InChI is InChI=1S/C29H25Br2NO5/c1-16(2)11-12-36-23-9-7-17(13-24(23)35-3)26-25-27(33)21-15-19(31)8-10-22(21)37-28(25)29(34)32(26)20-6-4-5-18(30)14-20/h4-10,13-16,26H,11-12H2,1-3H3. The molecular weight excluding hydrogens is 602 g/mol. The summed E-state index contributed by atoms with van der Waals surface area (Å²) in [5, 5.41) is 0.405. The van der Waals surface area contributed by atoms with Gasteiger partial charge in [-0.1, -0.05) is 57.8 Å². The fraction of sp³-hybridized carbons (Fsp3) is 0.241. The smallest absolute Gasteiger partial charge is 0.295 e. The first kappa shape index (κ1) is 25.5. The molecule has 1 amide bonds. The van der Waals surface area contributed by atoms with Crippen LogP contribution in [-0.2, 0) is 0 Å². The van der Waals surface area contributed by atoms with Gasteiger partial charge < -0.3 is 13.9 Å². The topological polar surface area (TPSA) is 69.0 Å². The maximum Gasteiger partial charge on any atom is 0.295 e. The SMILES string of the molecule is COc1cc(C2c3c(oc4ccc(Br)cc4c3=O)C(=O)N2c2cccc(Br)c2)ccc1OCCC(C)C. The normalized spacial score (nSPS) is 14.9.